The van der Waals surface area contributed by atoms with Crippen molar-refractivity contribution in [1.29, 1.82) is 0 Å². The van der Waals surface area contributed by atoms with E-state index >= 15 is 0 Å². The Hall–Kier alpha value is -2.44. The Labute approximate surface area is 134 Å². The molecule has 0 aromatic heterocycles. The van der Waals surface area contributed by atoms with Crippen molar-refractivity contribution in [2.75, 3.05) is 4.90 Å². The fraction of sp³-hybridized carbons (Fsp3) is 0.353. The number of nitrogens with zero attached hydrogens (tertiary/aromatic N) is 1. The van der Waals surface area contributed by atoms with Crippen LogP contribution in [-0.2, 0) is 20.6 Å². The van der Waals surface area contributed by atoms with Crippen LogP contribution in [0.5, 0.6) is 0 Å². The number of ketones is 1. The van der Waals surface area contributed by atoms with E-state index in [2.05, 4.69) is 0 Å². The molecule has 3 aliphatic carbocycles. The van der Waals surface area contributed by atoms with Gasteiger partial charge in [-0.15, -0.1) is 0 Å². The highest BCUT2D eigenvalue weighted by Crippen LogP contribution is 2.48. The molecule has 0 spiro atoms. The molecule has 0 N–H and O–H groups in total. The largest absolute Gasteiger partial charge is 0.416 e. The van der Waals surface area contributed by atoms with Crippen LogP contribution in [0, 0.1) is 11.8 Å². The van der Waals surface area contributed by atoms with Crippen molar-refractivity contribution in [1.82, 2.24) is 0 Å². The van der Waals surface area contributed by atoms with E-state index in [1.807, 2.05) is 0 Å². The van der Waals surface area contributed by atoms with E-state index < -0.39 is 35.4 Å². The molecule has 2 bridgehead atoms. The quantitative estimate of drug-likeness (QED) is 0.742. The summed E-state index contributed by atoms with van der Waals surface area (Å²) in [6.07, 6.45) is -3.09. The van der Waals surface area contributed by atoms with E-state index in [4.69, 9.17) is 0 Å². The maximum Gasteiger partial charge on any atom is 0.416 e. The summed E-state index contributed by atoms with van der Waals surface area (Å²) in [4.78, 5) is 38.2. The topological polar surface area (TPSA) is 54.5 Å². The Bertz CT molecular complexity index is 807. The van der Waals surface area contributed by atoms with E-state index in [0.717, 1.165) is 29.2 Å². The van der Waals surface area contributed by atoms with Gasteiger partial charge in [0.1, 0.15) is 5.78 Å². The summed E-state index contributed by atoms with van der Waals surface area (Å²) in [6.45, 7) is 0. The number of benzene rings is 1. The van der Waals surface area contributed by atoms with Gasteiger partial charge >= 0.3 is 6.18 Å². The van der Waals surface area contributed by atoms with Crippen molar-refractivity contribution in [3.63, 3.8) is 0 Å². The molecule has 4 nitrogen and oxygen atoms in total. The molecule has 24 heavy (non-hydrogen) atoms. The van der Waals surface area contributed by atoms with Gasteiger partial charge in [-0.2, -0.15) is 13.2 Å². The summed E-state index contributed by atoms with van der Waals surface area (Å²) in [5.41, 5.74) is 0.350. The molecule has 1 aliphatic heterocycles. The molecule has 1 aromatic rings. The minimum Gasteiger partial charge on any atom is -0.299 e. The lowest BCUT2D eigenvalue weighted by Gasteiger charge is -2.33. The number of carbonyl (C=O) groups excluding carboxylic acids is 3. The van der Waals surface area contributed by atoms with Crippen molar-refractivity contribution < 1.29 is 27.6 Å². The fourth-order valence-electron chi connectivity index (χ4n) is 3.91. The number of halogens is 3. The first-order valence-corrected chi connectivity index (χ1v) is 7.59. The van der Waals surface area contributed by atoms with Crippen LogP contribution in [0.1, 0.15) is 24.8 Å². The average molecular weight is 335 g/mol. The number of carbonyl (C=O) groups is 3. The number of hydrogen-bond acceptors (Lipinski definition) is 3. The van der Waals surface area contributed by atoms with Crippen LogP contribution < -0.4 is 4.90 Å². The predicted octanol–water partition coefficient (Wildman–Crippen LogP) is 2.87. The van der Waals surface area contributed by atoms with Gasteiger partial charge in [0.15, 0.2) is 0 Å². The van der Waals surface area contributed by atoms with Gasteiger partial charge in [0.05, 0.1) is 17.2 Å². The molecule has 4 aliphatic rings. The standard InChI is InChI=1S/C17H12F3NO3/c18-17(19,20)9-2-4-10(5-3-9)21-15(23)13-8-1-6-11(12(22)7-8)14(13)16(21)24/h2-5,11,14H,1,6-7H2. The molecule has 124 valence electrons. The molecule has 2 unspecified atom stereocenters. The van der Waals surface area contributed by atoms with Crippen LogP contribution in [0.3, 0.4) is 0 Å². The van der Waals surface area contributed by atoms with Gasteiger partial charge < -0.3 is 0 Å². The normalized spacial score (nSPS) is 26.5. The molecular weight excluding hydrogens is 323 g/mol. The van der Waals surface area contributed by atoms with Crippen LogP contribution in [0.25, 0.3) is 0 Å². The van der Waals surface area contributed by atoms with Gasteiger partial charge in [0.25, 0.3) is 5.91 Å². The molecule has 5 rings (SSSR count). The molecule has 7 heteroatoms. The van der Waals surface area contributed by atoms with Crippen molar-refractivity contribution in [3.8, 4) is 0 Å². The third-order valence-corrected chi connectivity index (χ3v) is 5.03. The lowest BCUT2D eigenvalue weighted by Crippen LogP contribution is -2.38. The second-order valence-corrected chi connectivity index (χ2v) is 6.31. The van der Waals surface area contributed by atoms with Gasteiger partial charge in [-0.05, 0) is 37.1 Å². The van der Waals surface area contributed by atoms with Crippen LogP contribution in [0.2, 0.25) is 0 Å². The predicted molar refractivity (Wildman–Crippen MR) is 76.8 cm³/mol. The number of allylic oxidation sites excluding steroid dienone is 1. The number of hydrogen-bond donors (Lipinski definition) is 0. The van der Waals surface area contributed by atoms with Gasteiger partial charge in [-0.3, -0.25) is 14.4 Å². The number of anilines is 1. The molecule has 2 amide bonds. The summed E-state index contributed by atoms with van der Waals surface area (Å²) >= 11 is 0. The molecule has 1 aromatic carbocycles. The summed E-state index contributed by atoms with van der Waals surface area (Å²) in [5, 5.41) is 0. The fourth-order valence-corrected chi connectivity index (χ4v) is 3.91. The van der Waals surface area contributed by atoms with Crippen molar-refractivity contribution in [2.24, 2.45) is 11.8 Å². The van der Waals surface area contributed by atoms with Crippen LogP contribution in [0.4, 0.5) is 18.9 Å². The van der Waals surface area contributed by atoms with Crippen molar-refractivity contribution in [3.05, 3.63) is 41.0 Å². The zero-order valence-electron chi connectivity index (χ0n) is 12.4. The maximum absolute atomic E-state index is 12.7. The minimum atomic E-state index is -4.48. The Morgan fingerprint density at radius 2 is 1.71 bits per heavy atom. The van der Waals surface area contributed by atoms with Gasteiger partial charge in [-0.25, -0.2) is 4.90 Å². The highest BCUT2D eigenvalue weighted by molar-refractivity contribution is 6.31. The molecule has 0 radical (unpaired) electrons. The van der Waals surface area contributed by atoms with Crippen LogP contribution in [-0.4, -0.2) is 17.6 Å². The first-order valence-electron chi connectivity index (χ1n) is 7.59. The van der Waals surface area contributed by atoms with Gasteiger partial charge in [0, 0.05) is 17.9 Å². The average Bonchev–Trinajstić information content (AvgIpc) is 2.80. The second-order valence-electron chi connectivity index (χ2n) is 6.31. The monoisotopic (exact) mass is 335 g/mol. The molecule has 1 saturated heterocycles. The molecule has 1 saturated carbocycles. The van der Waals surface area contributed by atoms with Crippen LogP contribution in [0.15, 0.2) is 35.4 Å². The first-order chi connectivity index (χ1) is 11.3. The summed E-state index contributed by atoms with van der Waals surface area (Å²) in [7, 11) is 0. The number of fused-ring (bicyclic) bond motifs is 2. The first kappa shape index (κ1) is 15.1. The van der Waals surface area contributed by atoms with Crippen molar-refractivity contribution in [2.45, 2.75) is 25.4 Å². The highest BCUT2D eigenvalue weighted by Gasteiger charge is 2.55. The third-order valence-electron chi connectivity index (χ3n) is 5.03. The number of alkyl halides is 3. The van der Waals surface area contributed by atoms with Gasteiger partial charge in [0.2, 0.25) is 5.91 Å². The summed E-state index contributed by atoms with van der Waals surface area (Å²) in [6, 6.07) is 3.92. The summed E-state index contributed by atoms with van der Waals surface area (Å²) < 4.78 is 38.0. The Morgan fingerprint density at radius 1 is 1.04 bits per heavy atom. The van der Waals surface area contributed by atoms with Crippen LogP contribution >= 0.6 is 0 Å². The zero-order chi connectivity index (χ0) is 17.2. The second kappa shape index (κ2) is 4.78. The smallest absolute Gasteiger partial charge is 0.299 e. The Morgan fingerprint density at radius 3 is 2.29 bits per heavy atom. The van der Waals surface area contributed by atoms with E-state index in [0.29, 0.717) is 24.0 Å². The minimum absolute atomic E-state index is 0.0274. The molecule has 2 fully saturated rings. The van der Waals surface area contributed by atoms with E-state index in [9.17, 15) is 27.6 Å². The molecule has 1 heterocycles. The Balaban J connectivity index is 1.74. The van der Waals surface area contributed by atoms with E-state index in [-0.39, 0.29) is 17.9 Å². The maximum atomic E-state index is 12.7. The van der Waals surface area contributed by atoms with Crippen molar-refractivity contribution >= 4 is 23.3 Å². The number of imide groups is 1. The van der Waals surface area contributed by atoms with Gasteiger partial charge in [-0.1, -0.05) is 5.57 Å². The third kappa shape index (κ3) is 1.96. The zero-order valence-corrected chi connectivity index (χ0v) is 12.4. The SMILES string of the molecule is O=C1CC2=C3C(=O)N(c4ccc(C(F)(F)F)cc4)C(=O)C3C1CC2. The number of amides is 2. The molecular formula is C17H12F3NO3. The Kier molecular flexibility index (Phi) is 3.01. The number of Topliss-reactive ketones (excluding diaryl/α,β-unsaturated/α-hetero) is 1. The summed E-state index contributed by atoms with van der Waals surface area (Å²) in [5.74, 6) is -2.28. The lowest BCUT2D eigenvalue weighted by molar-refractivity contribution is -0.137. The highest BCUT2D eigenvalue weighted by atomic mass is 19.4. The number of rotatable bonds is 1. The van der Waals surface area contributed by atoms with E-state index in [1.165, 1.54) is 0 Å². The van der Waals surface area contributed by atoms with E-state index in [1.54, 1.807) is 0 Å². The lowest BCUT2D eigenvalue weighted by atomic mass is 9.67. The molecule has 2 atom stereocenters.